The molecule has 6 nitrogen and oxygen atoms in total. The second-order valence-corrected chi connectivity index (χ2v) is 7.43. The number of ether oxygens (including phenoxy) is 2. The molecule has 2 aliphatic heterocycles. The summed E-state index contributed by atoms with van der Waals surface area (Å²) in [6, 6.07) is 15.5. The first kappa shape index (κ1) is 19.5. The molecule has 6 heteroatoms. The summed E-state index contributed by atoms with van der Waals surface area (Å²) in [6.45, 7) is 2.35. The number of hydrogen-bond donors (Lipinski definition) is 0. The van der Waals surface area contributed by atoms with Gasteiger partial charge >= 0.3 is 0 Å². The number of hydrazone groups is 1. The molecular weight excluding hydrogens is 366 g/mol. The summed E-state index contributed by atoms with van der Waals surface area (Å²) in [4.78, 5) is 15.4. The van der Waals surface area contributed by atoms with Crippen LogP contribution in [0.25, 0.3) is 0 Å². The Morgan fingerprint density at radius 2 is 1.66 bits per heavy atom. The summed E-state index contributed by atoms with van der Waals surface area (Å²) in [6.07, 6.45) is 2.92. The van der Waals surface area contributed by atoms with E-state index in [2.05, 4.69) is 4.90 Å². The molecule has 0 bridgehead atoms. The van der Waals surface area contributed by atoms with Crippen molar-refractivity contribution >= 4 is 11.6 Å². The van der Waals surface area contributed by atoms with Crippen LogP contribution in [0.1, 0.15) is 36.4 Å². The highest BCUT2D eigenvalue weighted by Gasteiger charge is 2.36. The van der Waals surface area contributed by atoms with Gasteiger partial charge in [-0.2, -0.15) is 5.10 Å². The van der Waals surface area contributed by atoms with Crippen LogP contribution in [-0.4, -0.2) is 55.4 Å². The predicted octanol–water partition coefficient (Wildman–Crippen LogP) is 3.48. The molecule has 2 heterocycles. The van der Waals surface area contributed by atoms with E-state index < -0.39 is 0 Å². The van der Waals surface area contributed by atoms with Crippen molar-refractivity contribution in [1.29, 1.82) is 0 Å². The molecule has 2 aromatic carbocycles. The average molecular weight is 393 g/mol. The van der Waals surface area contributed by atoms with Gasteiger partial charge in [-0.25, -0.2) is 5.01 Å². The molecule has 1 saturated heterocycles. The third-order valence-electron chi connectivity index (χ3n) is 5.64. The highest BCUT2D eigenvalue weighted by atomic mass is 16.5. The van der Waals surface area contributed by atoms with E-state index in [-0.39, 0.29) is 11.9 Å². The van der Waals surface area contributed by atoms with Crippen molar-refractivity contribution in [2.75, 3.05) is 33.9 Å². The number of rotatable bonds is 6. The SMILES string of the molecule is COc1ccccc1C1=NN(C(=O)CN2CCCC2)C(c2ccccc2OC)C1. The van der Waals surface area contributed by atoms with Gasteiger partial charge in [-0.15, -0.1) is 0 Å². The maximum Gasteiger partial charge on any atom is 0.257 e. The van der Waals surface area contributed by atoms with Crippen molar-refractivity contribution in [3.63, 3.8) is 0 Å². The fourth-order valence-electron chi connectivity index (χ4n) is 4.17. The van der Waals surface area contributed by atoms with Gasteiger partial charge in [0.2, 0.25) is 0 Å². The van der Waals surface area contributed by atoms with Crippen LogP contribution in [0.3, 0.4) is 0 Å². The van der Waals surface area contributed by atoms with Gasteiger partial charge in [0.05, 0.1) is 32.5 Å². The molecule has 0 N–H and O–H groups in total. The highest BCUT2D eigenvalue weighted by molar-refractivity contribution is 6.05. The average Bonchev–Trinajstić information content (AvgIpc) is 3.43. The number of hydrogen-bond acceptors (Lipinski definition) is 5. The predicted molar refractivity (Wildman–Crippen MR) is 112 cm³/mol. The molecule has 152 valence electrons. The number of likely N-dealkylation sites (tertiary alicyclic amines) is 1. The van der Waals surface area contributed by atoms with Gasteiger partial charge in [-0.3, -0.25) is 9.69 Å². The number of carbonyl (C=O) groups excluding carboxylic acids is 1. The van der Waals surface area contributed by atoms with E-state index in [1.165, 1.54) is 0 Å². The van der Waals surface area contributed by atoms with E-state index in [9.17, 15) is 4.79 Å². The van der Waals surface area contributed by atoms with Crippen LogP contribution >= 0.6 is 0 Å². The van der Waals surface area contributed by atoms with Crippen molar-refractivity contribution < 1.29 is 14.3 Å². The fourth-order valence-corrected chi connectivity index (χ4v) is 4.17. The first-order valence-electron chi connectivity index (χ1n) is 10.1. The zero-order valence-corrected chi connectivity index (χ0v) is 17.0. The van der Waals surface area contributed by atoms with Crippen molar-refractivity contribution in [3.8, 4) is 11.5 Å². The number of nitrogens with zero attached hydrogens (tertiary/aromatic N) is 3. The van der Waals surface area contributed by atoms with E-state index in [0.717, 1.165) is 54.3 Å². The second-order valence-electron chi connectivity index (χ2n) is 7.43. The normalized spacial score (nSPS) is 19.3. The lowest BCUT2D eigenvalue weighted by Gasteiger charge is -2.25. The molecule has 1 amide bonds. The molecule has 1 fully saturated rings. The third kappa shape index (κ3) is 3.98. The number of carbonyl (C=O) groups is 1. The molecule has 1 atom stereocenters. The van der Waals surface area contributed by atoms with Crippen LogP contribution in [0.5, 0.6) is 11.5 Å². The minimum Gasteiger partial charge on any atom is -0.496 e. The van der Waals surface area contributed by atoms with Crippen LogP contribution in [0.4, 0.5) is 0 Å². The minimum absolute atomic E-state index is 0.0210. The lowest BCUT2D eigenvalue weighted by atomic mass is 9.97. The highest BCUT2D eigenvalue weighted by Crippen LogP contribution is 2.38. The quantitative estimate of drug-likeness (QED) is 0.754. The minimum atomic E-state index is -0.193. The summed E-state index contributed by atoms with van der Waals surface area (Å²) in [5, 5.41) is 6.43. The maximum absolute atomic E-state index is 13.2. The molecular formula is C23H27N3O3. The van der Waals surface area contributed by atoms with Crippen molar-refractivity contribution in [3.05, 3.63) is 59.7 Å². The molecule has 0 saturated carbocycles. The van der Waals surface area contributed by atoms with E-state index >= 15 is 0 Å². The monoisotopic (exact) mass is 393 g/mol. The molecule has 0 radical (unpaired) electrons. The fraction of sp³-hybridized carbons (Fsp3) is 0.391. The number of benzene rings is 2. The second kappa shape index (κ2) is 8.66. The lowest BCUT2D eigenvalue weighted by molar-refractivity contribution is -0.134. The maximum atomic E-state index is 13.2. The standard InChI is InChI=1S/C23H27N3O3/c1-28-21-11-5-3-9-17(21)19-15-20(18-10-4-6-12-22(18)29-2)26(24-19)23(27)16-25-13-7-8-14-25/h3-6,9-12,20H,7-8,13-16H2,1-2H3. The first-order chi connectivity index (χ1) is 14.2. The first-order valence-corrected chi connectivity index (χ1v) is 10.1. The topological polar surface area (TPSA) is 54.4 Å². The summed E-state index contributed by atoms with van der Waals surface area (Å²) < 4.78 is 11.1. The third-order valence-corrected chi connectivity index (χ3v) is 5.64. The van der Waals surface area contributed by atoms with Gasteiger partial charge < -0.3 is 9.47 Å². The summed E-state index contributed by atoms with van der Waals surface area (Å²) in [7, 11) is 3.31. The van der Waals surface area contributed by atoms with E-state index in [4.69, 9.17) is 14.6 Å². The molecule has 0 aromatic heterocycles. The smallest absolute Gasteiger partial charge is 0.257 e. The molecule has 2 aromatic rings. The van der Waals surface area contributed by atoms with Gasteiger partial charge in [-0.1, -0.05) is 30.3 Å². The summed E-state index contributed by atoms with van der Waals surface area (Å²) >= 11 is 0. The summed E-state index contributed by atoms with van der Waals surface area (Å²) in [5.41, 5.74) is 2.75. The van der Waals surface area contributed by atoms with E-state index in [0.29, 0.717) is 13.0 Å². The number of methoxy groups -OCH3 is 2. The lowest BCUT2D eigenvalue weighted by Crippen LogP contribution is -2.37. The van der Waals surface area contributed by atoms with Gasteiger partial charge in [0, 0.05) is 17.5 Å². The van der Waals surface area contributed by atoms with Crippen LogP contribution < -0.4 is 9.47 Å². The zero-order chi connectivity index (χ0) is 20.2. The van der Waals surface area contributed by atoms with Crippen LogP contribution in [0, 0.1) is 0 Å². The molecule has 1 unspecified atom stereocenters. The van der Waals surface area contributed by atoms with Gasteiger partial charge in [0.1, 0.15) is 11.5 Å². The van der Waals surface area contributed by atoms with E-state index in [1.54, 1.807) is 19.2 Å². The molecule has 2 aliphatic rings. The molecule has 0 aliphatic carbocycles. The van der Waals surface area contributed by atoms with Crippen molar-refractivity contribution in [1.82, 2.24) is 9.91 Å². The Balaban J connectivity index is 1.69. The van der Waals surface area contributed by atoms with Crippen LogP contribution in [-0.2, 0) is 4.79 Å². The van der Waals surface area contributed by atoms with Gasteiger partial charge in [0.15, 0.2) is 0 Å². The Bertz CT molecular complexity index is 906. The Hall–Kier alpha value is -2.86. The summed E-state index contributed by atoms with van der Waals surface area (Å²) in [5.74, 6) is 1.56. The van der Waals surface area contributed by atoms with Crippen LogP contribution in [0.15, 0.2) is 53.6 Å². The largest absolute Gasteiger partial charge is 0.496 e. The molecule has 0 spiro atoms. The van der Waals surface area contributed by atoms with Crippen molar-refractivity contribution in [2.45, 2.75) is 25.3 Å². The molecule has 4 rings (SSSR count). The van der Waals surface area contributed by atoms with E-state index in [1.807, 2.05) is 48.5 Å². The Kier molecular flexibility index (Phi) is 5.81. The number of para-hydroxylation sites is 2. The zero-order valence-electron chi connectivity index (χ0n) is 17.0. The Morgan fingerprint density at radius 3 is 2.38 bits per heavy atom. The van der Waals surface area contributed by atoms with Crippen LogP contribution in [0.2, 0.25) is 0 Å². The van der Waals surface area contributed by atoms with Crippen molar-refractivity contribution in [2.24, 2.45) is 5.10 Å². The molecule has 29 heavy (non-hydrogen) atoms. The van der Waals surface area contributed by atoms with Gasteiger partial charge in [-0.05, 0) is 44.1 Å². The Morgan fingerprint density at radius 1 is 1.00 bits per heavy atom. The Labute approximate surface area is 171 Å². The number of amides is 1. The van der Waals surface area contributed by atoms with Gasteiger partial charge in [0.25, 0.3) is 5.91 Å².